The van der Waals surface area contributed by atoms with Crippen LogP contribution in [0.15, 0.2) is 23.5 Å². The van der Waals surface area contributed by atoms with E-state index >= 15 is 0 Å². The van der Waals surface area contributed by atoms with E-state index in [1.54, 1.807) is 0 Å². The zero-order chi connectivity index (χ0) is 10.5. The van der Waals surface area contributed by atoms with E-state index in [4.69, 9.17) is 0 Å². The minimum absolute atomic E-state index is 0.638. The van der Waals surface area contributed by atoms with Crippen molar-refractivity contribution in [1.29, 1.82) is 0 Å². The Morgan fingerprint density at radius 2 is 2.60 bits per heavy atom. The van der Waals surface area contributed by atoms with Crippen LogP contribution in [-0.2, 0) is 6.54 Å². The zero-order valence-corrected chi connectivity index (χ0v) is 9.70. The smallest absolute Gasteiger partial charge is 0.156 e. The lowest BCUT2D eigenvalue weighted by molar-refractivity contribution is 0.574. The maximum absolute atomic E-state index is 4.40. The van der Waals surface area contributed by atoms with Crippen LogP contribution >= 0.6 is 11.8 Å². The molecule has 15 heavy (non-hydrogen) atoms. The molecule has 1 aromatic heterocycles. The van der Waals surface area contributed by atoms with Gasteiger partial charge in [-0.3, -0.25) is 9.67 Å². The highest BCUT2D eigenvalue weighted by molar-refractivity contribution is 8.14. The lowest BCUT2D eigenvalue weighted by atomic mass is 10.4. The Labute approximate surface area is 94.2 Å². The van der Waals surface area contributed by atoms with Crippen molar-refractivity contribution in [2.45, 2.75) is 25.1 Å². The van der Waals surface area contributed by atoms with Gasteiger partial charge in [0.1, 0.15) is 0 Å². The van der Waals surface area contributed by atoms with Gasteiger partial charge in [0.05, 0.1) is 6.54 Å². The molecule has 4 nitrogen and oxygen atoms in total. The normalized spacial score (nSPS) is 20.3. The SMILES string of the molecule is CC1CN=C(NCCCn2cccn2)S1. The Morgan fingerprint density at radius 1 is 1.67 bits per heavy atom. The van der Waals surface area contributed by atoms with Crippen molar-refractivity contribution in [2.75, 3.05) is 13.1 Å². The minimum atomic E-state index is 0.638. The fourth-order valence-electron chi connectivity index (χ4n) is 1.44. The van der Waals surface area contributed by atoms with Gasteiger partial charge in [-0.2, -0.15) is 5.10 Å². The fourth-order valence-corrected chi connectivity index (χ4v) is 2.31. The molecule has 0 saturated heterocycles. The molecule has 1 aliphatic rings. The van der Waals surface area contributed by atoms with Gasteiger partial charge in [0, 0.05) is 30.7 Å². The standard InChI is InChI=1S/C10H16N4S/c1-9-8-12-10(15-9)11-4-2-6-14-7-3-5-13-14/h3,5,7,9H,2,4,6,8H2,1H3,(H,11,12). The number of aromatic nitrogens is 2. The Balaban J connectivity index is 1.60. The lowest BCUT2D eigenvalue weighted by Gasteiger charge is -2.05. The Morgan fingerprint density at radius 3 is 3.27 bits per heavy atom. The number of nitrogens with one attached hydrogen (secondary N) is 1. The van der Waals surface area contributed by atoms with Gasteiger partial charge in [-0.15, -0.1) is 0 Å². The summed E-state index contributed by atoms with van der Waals surface area (Å²) in [5, 5.41) is 9.23. The molecule has 0 radical (unpaired) electrons. The van der Waals surface area contributed by atoms with Gasteiger partial charge in [-0.25, -0.2) is 0 Å². The molecule has 0 spiro atoms. The number of aryl methyl sites for hydroxylation is 1. The molecule has 82 valence electrons. The second kappa shape index (κ2) is 5.21. The third kappa shape index (κ3) is 3.27. The molecule has 5 heteroatoms. The molecule has 1 N–H and O–H groups in total. The first-order valence-corrected chi connectivity index (χ1v) is 6.15. The fraction of sp³-hybridized carbons (Fsp3) is 0.600. The highest BCUT2D eigenvalue weighted by atomic mass is 32.2. The van der Waals surface area contributed by atoms with Crippen LogP contribution in [0, 0.1) is 0 Å². The molecule has 0 amide bonds. The van der Waals surface area contributed by atoms with Crippen molar-refractivity contribution in [1.82, 2.24) is 15.1 Å². The van der Waals surface area contributed by atoms with Gasteiger partial charge in [0.2, 0.25) is 0 Å². The second-order valence-electron chi connectivity index (χ2n) is 3.62. The molecule has 0 bridgehead atoms. The average molecular weight is 224 g/mol. The number of rotatable bonds is 4. The Bertz CT molecular complexity index is 320. The monoisotopic (exact) mass is 224 g/mol. The zero-order valence-electron chi connectivity index (χ0n) is 8.89. The third-order valence-electron chi connectivity index (χ3n) is 2.20. The summed E-state index contributed by atoms with van der Waals surface area (Å²) >= 11 is 1.83. The number of hydrogen-bond donors (Lipinski definition) is 1. The van der Waals surface area contributed by atoms with Crippen molar-refractivity contribution in [2.24, 2.45) is 4.99 Å². The summed E-state index contributed by atoms with van der Waals surface area (Å²) < 4.78 is 1.95. The molecule has 2 rings (SSSR count). The molecule has 0 aliphatic carbocycles. The number of thioether (sulfide) groups is 1. The second-order valence-corrected chi connectivity index (χ2v) is 5.05. The van der Waals surface area contributed by atoms with E-state index in [2.05, 4.69) is 22.3 Å². The van der Waals surface area contributed by atoms with E-state index in [0.717, 1.165) is 31.2 Å². The molecule has 1 aliphatic heterocycles. The van der Waals surface area contributed by atoms with E-state index in [1.807, 2.05) is 34.9 Å². The number of aliphatic imine (C=N–C) groups is 1. The summed E-state index contributed by atoms with van der Waals surface area (Å²) in [6, 6.07) is 1.95. The van der Waals surface area contributed by atoms with Crippen molar-refractivity contribution < 1.29 is 0 Å². The van der Waals surface area contributed by atoms with Crippen molar-refractivity contribution in [3.63, 3.8) is 0 Å². The predicted molar refractivity (Wildman–Crippen MR) is 64.2 cm³/mol. The lowest BCUT2D eigenvalue weighted by Crippen LogP contribution is -2.21. The van der Waals surface area contributed by atoms with E-state index in [0.29, 0.717) is 5.25 Å². The maximum atomic E-state index is 4.40. The quantitative estimate of drug-likeness (QED) is 0.785. The molecule has 2 heterocycles. The van der Waals surface area contributed by atoms with Crippen LogP contribution in [0.25, 0.3) is 0 Å². The van der Waals surface area contributed by atoms with E-state index in [-0.39, 0.29) is 0 Å². The minimum Gasteiger partial charge on any atom is -0.365 e. The van der Waals surface area contributed by atoms with E-state index < -0.39 is 0 Å². The highest BCUT2D eigenvalue weighted by Crippen LogP contribution is 2.18. The molecule has 0 aromatic carbocycles. The molecular weight excluding hydrogens is 208 g/mol. The summed E-state index contributed by atoms with van der Waals surface area (Å²) in [6.07, 6.45) is 4.88. The van der Waals surface area contributed by atoms with Crippen molar-refractivity contribution in [3.8, 4) is 0 Å². The first kappa shape index (κ1) is 10.5. The average Bonchev–Trinajstić information content (AvgIpc) is 2.84. The first-order valence-electron chi connectivity index (χ1n) is 5.27. The van der Waals surface area contributed by atoms with Crippen molar-refractivity contribution >= 4 is 16.9 Å². The van der Waals surface area contributed by atoms with Crippen LogP contribution in [0.4, 0.5) is 0 Å². The van der Waals surface area contributed by atoms with Gasteiger partial charge in [0.25, 0.3) is 0 Å². The summed E-state index contributed by atoms with van der Waals surface area (Å²) in [4.78, 5) is 4.40. The summed E-state index contributed by atoms with van der Waals surface area (Å²) in [7, 11) is 0. The number of hydrogen-bond acceptors (Lipinski definition) is 4. The van der Waals surface area contributed by atoms with Crippen LogP contribution in [0.2, 0.25) is 0 Å². The Hall–Kier alpha value is -0.970. The third-order valence-corrected chi connectivity index (χ3v) is 3.25. The van der Waals surface area contributed by atoms with E-state index in [9.17, 15) is 0 Å². The van der Waals surface area contributed by atoms with Crippen LogP contribution in [-0.4, -0.2) is 33.3 Å². The van der Waals surface area contributed by atoms with Crippen LogP contribution in [0.3, 0.4) is 0 Å². The van der Waals surface area contributed by atoms with Crippen LogP contribution in [0.1, 0.15) is 13.3 Å². The summed E-state index contributed by atoms with van der Waals surface area (Å²) in [5.41, 5.74) is 0. The first-order chi connectivity index (χ1) is 7.34. The van der Waals surface area contributed by atoms with Crippen LogP contribution in [0.5, 0.6) is 0 Å². The summed E-state index contributed by atoms with van der Waals surface area (Å²) in [6.45, 7) is 5.09. The predicted octanol–water partition coefficient (Wildman–Crippen LogP) is 1.35. The largest absolute Gasteiger partial charge is 0.365 e. The topological polar surface area (TPSA) is 42.2 Å². The maximum Gasteiger partial charge on any atom is 0.156 e. The molecule has 1 unspecified atom stereocenters. The molecule has 0 fully saturated rings. The molecular formula is C10H16N4S. The van der Waals surface area contributed by atoms with Gasteiger partial charge >= 0.3 is 0 Å². The van der Waals surface area contributed by atoms with Gasteiger partial charge in [-0.05, 0) is 12.5 Å². The van der Waals surface area contributed by atoms with Gasteiger partial charge in [-0.1, -0.05) is 18.7 Å². The Kier molecular flexibility index (Phi) is 3.66. The van der Waals surface area contributed by atoms with Gasteiger partial charge < -0.3 is 5.32 Å². The van der Waals surface area contributed by atoms with Gasteiger partial charge in [0.15, 0.2) is 5.17 Å². The number of amidine groups is 1. The van der Waals surface area contributed by atoms with E-state index in [1.165, 1.54) is 0 Å². The molecule has 1 atom stereocenters. The van der Waals surface area contributed by atoms with Crippen LogP contribution < -0.4 is 5.32 Å². The van der Waals surface area contributed by atoms with Crippen molar-refractivity contribution in [3.05, 3.63) is 18.5 Å². The summed E-state index contributed by atoms with van der Waals surface area (Å²) in [5.74, 6) is 0. The molecule has 1 aromatic rings. The highest BCUT2D eigenvalue weighted by Gasteiger charge is 2.13. The number of nitrogens with zero attached hydrogens (tertiary/aromatic N) is 3. The molecule has 0 saturated carbocycles.